The minimum atomic E-state index is -2.75. The molecule has 180 valence electrons. The molecule has 0 saturated carbocycles. The number of thioether (sulfide) groups is 1. The Kier molecular flexibility index (Phi) is 8.86. The number of rotatable bonds is 11. The van der Waals surface area contributed by atoms with Crippen LogP contribution in [0.1, 0.15) is 24.5 Å². The van der Waals surface area contributed by atoms with Crippen molar-refractivity contribution in [3.63, 3.8) is 0 Å². The number of halogens is 1. The number of benzene rings is 2. The fourth-order valence-electron chi connectivity index (χ4n) is 3.80. The van der Waals surface area contributed by atoms with Crippen molar-refractivity contribution >= 4 is 60.9 Å². The number of hydrogen-bond acceptors (Lipinski definition) is 5. The van der Waals surface area contributed by atoms with E-state index in [4.69, 9.17) is 21.4 Å². The highest BCUT2D eigenvalue weighted by Crippen LogP contribution is 2.41. The Morgan fingerprint density at radius 1 is 1.24 bits per heavy atom. The van der Waals surface area contributed by atoms with Gasteiger partial charge in [-0.3, -0.25) is 4.21 Å². The zero-order chi connectivity index (χ0) is 24.2. The molecule has 1 aromatic heterocycles. The highest BCUT2D eigenvalue weighted by molar-refractivity contribution is 8.02. The first-order valence-electron chi connectivity index (χ1n) is 10.7. The largest absolute Gasteiger partial charge is 0.482 e. The fraction of sp³-hybridized carbons (Fsp3) is 0.375. The summed E-state index contributed by atoms with van der Waals surface area (Å²) in [5.41, 5.74) is 1.92. The van der Waals surface area contributed by atoms with Gasteiger partial charge in [-0.25, -0.2) is 9.10 Å². The van der Waals surface area contributed by atoms with Crippen molar-refractivity contribution in [3.05, 3.63) is 52.5 Å². The number of ether oxygens (including phenoxy) is 1. The molecule has 2 aromatic carbocycles. The van der Waals surface area contributed by atoms with Gasteiger partial charge in [-0.1, -0.05) is 24.6 Å². The van der Waals surface area contributed by atoms with Crippen molar-refractivity contribution in [1.82, 2.24) is 4.31 Å². The Morgan fingerprint density at radius 3 is 2.64 bits per heavy atom. The van der Waals surface area contributed by atoms with Crippen molar-refractivity contribution in [2.75, 3.05) is 31.7 Å². The third kappa shape index (κ3) is 6.11. The number of hydrogen-bond donors (Lipinski definition) is 2. The smallest absolute Gasteiger partial charge is 0.341 e. The molecule has 0 aliphatic rings. The van der Waals surface area contributed by atoms with E-state index in [-0.39, 0.29) is 6.61 Å². The normalized spacial score (nSPS) is 12.4. The first kappa shape index (κ1) is 26.0. The van der Waals surface area contributed by atoms with Crippen molar-refractivity contribution in [2.24, 2.45) is 0 Å². The van der Waals surface area contributed by atoms with Gasteiger partial charge in [-0.2, -0.15) is 0 Å². The van der Waals surface area contributed by atoms with Crippen LogP contribution in [0, 0.1) is 13.8 Å². The Morgan fingerprint density at radius 2 is 2.00 bits per heavy atom. The van der Waals surface area contributed by atoms with Crippen LogP contribution in [0.25, 0.3) is 10.1 Å². The summed E-state index contributed by atoms with van der Waals surface area (Å²) in [6.07, 6.45) is 2.79. The molecule has 1 N–H and O–H groups in total. The Hall–Kier alpha value is -1.58. The SMILES string of the molecule is CCCN(CCSc1ccc(OCC(=O)O)c(C)c1)[SH](C)(=O)c1sc2cccc(Cl)c2c1C. The molecule has 0 unspecified atom stereocenters. The number of carboxylic acid groups (broad SMARTS) is 1. The number of aryl methyl sites for hydroxylation is 2. The predicted molar refractivity (Wildman–Crippen MR) is 142 cm³/mol. The predicted octanol–water partition coefficient (Wildman–Crippen LogP) is 6.06. The van der Waals surface area contributed by atoms with E-state index in [0.717, 1.165) is 49.0 Å². The number of aliphatic carboxylic acids is 1. The zero-order valence-corrected chi connectivity index (χ0v) is 22.5. The molecule has 0 atom stereocenters. The molecule has 0 aliphatic heterocycles. The summed E-state index contributed by atoms with van der Waals surface area (Å²) in [6, 6.07) is 11.6. The van der Waals surface area contributed by atoms with Crippen molar-refractivity contribution in [2.45, 2.75) is 36.3 Å². The van der Waals surface area contributed by atoms with E-state index in [2.05, 4.69) is 11.2 Å². The van der Waals surface area contributed by atoms with E-state index >= 15 is 0 Å². The van der Waals surface area contributed by atoms with E-state index in [1.807, 2.05) is 50.4 Å². The standard InChI is InChI=1S/C24H30ClNO4S3/c1-5-11-26(12-13-31-18-9-10-20(16(2)14-18)30-15-22(27)28)33(4,29)24-17(3)23-19(25)7-6-8-21(23)32-24/h6-10,14,33H,5,11-13,15H2,1-4H3,(H,27,28). The lowest BCUT2D eigenvalue weighted by molar-refractivity contribution is -0.139. The number of thiophene rings is 1. The van der Waals surface area contributed by atoms with E-state index in [1.54, 1.807) is 29.2 Å². The zero-order valence-electron chi connectivity index (χ0n) is 19.3. The quantitative estimate of drug-likeness (QED) is 0.234. The highest BCUT2D eigenvalue weighted by atomic mass is 35.5. The molecule has 0 bridgehead atoms. The van der Waals surface area contributed by atoms with Crippen molar-refractivity contribution in [1.29, 1.82) is 0 Å². The molecule has 3 aromatic rings. The Labute approximate surface area is 209 Å². The average Bonchev–Trinajstić information content (AvgIpc) is 3.11. The van der Waals surface area contributed by atoms with Crippen molar-refractivity contribution < 1.29 is 18.8 Å². The minimum Gasteiger partial charge on any atom is -0.482 e. The second kappa shape index (κ2) is 11.2. The van der Waals surface area contributed by atoms with Crippen LogP contribution >= 0.6 is 34.7 Å². The lowest BCUT2D eigenvalue weighted by atomic mass is 10.2. The average molecular weight is 528 g/mol. The molecule has 1 heterocycles. The molecular formula is C24H30ClNO4S3. The maximum Gasteiger partial charge on any atom is 0.341 e. The molecule has 0 aliphatic carbocycles. The lowest BCUT2D eigenvalue weighted by Crippen LogP contribution is -2.38. The number of carbonyl (C=O) groups is 1. The highest BCUT2D eigenvalue weighted by Gasteiger charge is 2.26. The maximum absolute atomic E-state index is 14.1. The van der Waals surface area contributed by atoms with Crippen LogP contribution in [0.2, 0.25) is 5.02 Å². The van der Waals surface area contributed by atoms with E-state index < -0.39 is 16.1 Å². The van der Waals surface area contributed by atoms with Crippen LogP contribution in [0.5, 0.6) is 5.75 Å². The molecule has 5 nitrogen and oxygen atoms in total. The molecule has 33 heavy (non-hydrogen) atoms. The van der Waals surface area contributed by atoms with Gasteiger partial charge in [0.05, 0.1) is 4.21 Å². The molecule has 3 rings (SSSR count). The van der Waals surface area contributed by atoms with Crippen LogP contribution < -0.4 is 4.74 Å². The number of carboxylic acids is 1. The van der Waals surface area contributed by atoms with Crippen LogP contribution in [0.15, 0.2) is 45.5 Å². The summed E-state index contributed by atoms with van der Waals surface area (Å²) in [5.74, 6) is 0.368. The summed E-state index contributed by atoms with van der Waals surface area (Å²) >= 11 is 9.72. The van der Waals surface area contributed by atoms with Crippen molar-refractivity contribution in [3.8, 4) is 5.75 Å². The van der Waals surface area contributed by atoms with E-state index in [0.29, 0.717) is 17.3 Å². The number of fused-ring (bicyclic) bond motifs is 1. The van der Waals surface area contributed by atoms with Crippen LogP contribution in [-0.4, -0.2) is 51.3 Å². The molecule has 0 fully saturated rings. The maximum atomic E-state index is 14.1. The molecule has 9 heteroatoms. The molecular weight excluding hydrogens is 498 g/mol. The second-order valence-corrected chi connectivity index (χ2v) is 13.6. The summed E-state index contributed by atoms with van der Waals surface area (Å²) in [6.45, 7) is 7.13. The van der Waals surface area contributed by atoms with Gasteiger partial charge in [0.1, 0.15) is 5.75 Å². The molecule has 0 saturated heterocycles. The van der Waals surface area contributed by atoms with Gasteiger partial charge in [0.2, 0.25) is 0 Å². The van der Waals surface area contributed by atoms with Gasteiger partial charge in [-0.05, 0) is 71.8 Å². The number of nitrogens with zero attached hydrogens (tertiary/aromatic N) is 1. The third-order valence-corrected chi connectivity index (χ3v) is 11.6. The minimum absolute atomic E-state index is 0.354. The van der Waals surface area contributed by atoms with Crippen LogP contribution in [-0.2, 0) is 14.9 Å². The first-order valence-corrected chi connectivity index (χ1v) is 15.0. The fourth-order valence-corrected chi connectivity index (χ4v) is 9.63. The van der Waals surface area contributed by atoms with E-state index in [1.165, 1.54) is 0 Å². The van der Waals surface area contributed by atoms with Gasteiger partial charge >= 0.3 is 5.97 Å². The van der Waals surface area contributed by atoms with Gasteiger partial charge in [0, 0.05) is 45.1 Å². The third-order valence-electron chi connectivity index (χ3n) is 5.39. The van der Waals surface area contributed by atoms with Crippen LogP contribution in [0.4, 0.5) is 0 Å². The molecule has 0 spiro atoms. The van der Waals surface area contributed by atoms with Gasteiger partial charge in [-0.15, -0.1) is 23.1 Å². The monoisotopic (exact) mass is 527 g/mol. The Bertz CT molecular complexity index is 1190. The second-order valence-electron chi connectivity index (χ2n) is 7.94. The molecule has 0 radical (unpaired) electrons. The molecule has 0 amide bonds. The van der Waals surface area contributed by atoms with Gasteiger partial charge in [0.15, 0.2) is 6.61 Å². The Balaban J connectivity index is 1.73. The lowest BCUT2D eigenvalue weighted by Gasteiger charge is -2.33. The van der Waals surface area contributed by atoms with Gasteiger partial charge < -0.3 is 9.84 Å². The summed E-state index contributed by atoms with van der Waals surface area (Å²) < 4.78 is 23.5. The van der Waals surface area contributed by atoms with Crippen LogP contribution in [0.3, 0.4) is 0 Å². The number of thiol groups is 1. The summed E-state index contributed by atoms with van der Waals surface area (Å²) in [7, 11) is -2.75. The first-order chi connectivity index (χ1) is 15.6. The van der Waals surface area contributed by atoms with Gasteiger partial charge in [0.25, 0.3) is 0 Å². The summed E-state index contributed by atoms with van der Waals surface area (Å²) in [4.78, 5) is 11.8. The van der Waals surface area contributed by atoms with E-state index in [9.17, 15) is 9.00 Å². The summed E-state index contributed by atoms with van der Waals surface area (Å²) in [5, 5.41) is 10.5. The topological polar surface area (TPSA) is 66.8 Å².